The van der Waals surface area contributed by atoms with E-state index in [0.29, 0.717) is 19.6 Å². The van der Waals surface area contributed by atoms with Gasteiger partial charge in [-0.1, -0.05) is 6.08 Å². The van der Waals surface area contributed by atoms with Crippen molar-refractivity contribution in [2.75, 3.05) is 40.3 Å². The molecule has 0 aromatic heterocycles. The summed E-state index contributed by atoms with van der Waals surface area (Å²) in [4.78, 5) is 25.9. The summed E-state index contributed by atoms with van der Waals surface area (Å²) in [5.74, 6) is -0.296. The Labute approximate surface area is 89.3 Å². The van der Waals surface area contributed by atoms with Crippen LogP contribution in [0.2, 0.25) is 0 Å². The van der Waals surface area contributed by atoms with Crippen molar-refractivity contribution in [2.24, 2.45) is 0 Å². The Morgan fingerprint density at radius 3 is 2.87 bits per heavy atom. The number of rotatable bonds is 3. The van der Waals surface area contributed by atoms with E-state index in [-0.39, 0.29) is 5.91 Å². The smallest absolute Gasteiger partial charge is 0.330 e. The van der Waals surface area contributed by atoms with E-state index in [1.165, 1.54) is 13.2 Å². The van der Waals surface area contributed by atoms with Crippen molar-refractivity contribution in [3.05, 3.63) is 12.2 Å². The molecule has 0 aliphatic carbocycles. The molecule has 84 valence electrons. The first-order valence-electron chi connectivity index (χ1n) is 4.84. The van der Waals surface area contributed by atoms with Crippen LogP contribution < -0.4 is 0 Å². The van der Waals surface area contributed by atoms with E-state index in [1.54, 1.807) is 11.0 Å². The quantitative estimate of drug-likeness (QED) is 0.467. The van der Waals surface area contributed by atoms with Gasteiger partial charge in [0.05, 0.1) is 13.7 Å². The molecule has 1 aliphatic heterocycles. The molecule has 1 rings (SSSR count). The molecule has 1 fully saturated rings. The maximum Gasteiger partial charge on any atom is 0.330 e. The standard InChI is InChI=1S/C10H16N2O3/c1-11-6-7-12(9(13)8-11)5-3-4-10(14)15-2/h3-4H,5-8H2,1-2H3/b4-3+. The van der Waals surface area contributed by atoms with E-state index in [2.05, 4.69) is 4.74 Å². The summed E-state index contributed by atoms with van der Waals surface area (Å²) in [7, 11) is 3.24. The minimum absolute atomic E-state index is 0.0956. The molecule has 0 aromatic carbocycles. The number of nitrogens with zero attached hydrogens (tertiary/aromatic N) is 2. The number of likely N-dealkylation sites (N-methyl/N-ethyl adjacent to an activating group) is 1. The van der Waals surface area contributed by atoms with Gasteiger partial charge in [0.1, 0.15) is 0 Å². The predicted octanol–water partition coefficient (Wildman–Crippen LogP) is -0.510. The SMILES string of the molecule is COC(=O)/C=C/CN1CCN(C)CC1=O. The topological polar surface area (TPSA) is 49.9 Å². The molecule has 0 N–H and O–H groups in total. The minimum atomic E-state index is -0.392. The Kier molecular flexibility index (Phi) is 4.30. The fourth-order valence-corrected chi connectivity index (χ4v) is 1.36. The van der Waals surface area contributed by atoms with Gasteiger partial charge in [0.2, 0.25) is 5.91 Å². The van der Waals surface area contributed by atoms with Crippen molar-refractivity contribution >= 4 is 11.9 Å². The predicted molar refractivity (Wildman–Crippen MR) is 55.2 cm³/mol. The molecule has 0 atom stereocenters. The minimum Gasteiger partial charge on any atom is -0.466 e. The summed E-state index contributed by atoms with van der Waals surface area (Å²) in [6.45, 7) is 2.51. The van der Waals surface area contributed by atoms with Gasteiger partial charge in [-0.3, -0.25) is 9.69 Å². The summed E-state index contributed by atoms with van der Waals surface area (Å²) in [6.07, 6.45) is 2.99. The van der Waals surface area contributed by atoms with Crippen LogP contribution >= 0.6 is 0 Å². The zero-order valence-electron chi connectivity index (χ0n) is 9.10. The Morgan fingerprint density at radius 1 is 1.53 bits per heavy atom. The highest BCUT2D eigenvalue weighted by Crippen LogP contribution is 2.00. The average molecular weight is 212 g/mol. The molecule has 0 radical (unpaired) electrons. The van der Waals surface area contributed by atoms with E-state index < -0.39 is 5.97 Å². The van der Waals surface area contributed by atoms with Crippen LogP contribution in [0.1, 0.15) is 0 Å². The molecule has 5 nitrogen and oxygen atoms in total. The molecule has 0 aromatic rings. The second-order valence-electron chi connectivity index (χ2n) is 3.50. The van der Waals surface area contributed by atoms with Crippen LogP contribution in [-0.4, -0.2) is 62.0 Å². The number of hydrogen-bond donors (Lipinski definition) is 0. The molecule has 5 heteroatoms. The molecule has 1 heterocycles. The number of methoxy groups -OCH3 is 1. The number of amides is 1. The number of esters is 1. The summed E-state index contributed by atoms with van der Waals surface area (Å²) in [5.41, 5.74) is 0. The van der Waals surface area contributed by atoms with E-state index in [4.69, 9.17) is 0 Å². The Hall–Kier alpha value is -1.36. The van der Waals surface area contributed by atoms with Crippen molar-refractivity contribution in [1.29, 1.82) is 0 Å². The van der Waals surface area contributed by atoms with Gasteiger partial charge in [-0.25, -0.2) is 4.79 Å². The third-order valence-corrected chi connectivity index (χ3v) is 2.29. The lowest BCUT2D eigenvalue weighted by molar-refractivity contribution is -0.136. The summed E-state index contributed by atoms with van der Waals surface area (Å²) in [5, 5.41) is 0. The molecule has 0 unspecified atom stereocenters. The highest BCUT2D eigenvalue weighted by Gasteiger charge is 2.19. The van der Waals surface area contributed by atoms with Gasteiger partial charge < -0.3 is 9.64 Å². The first kappa shape index (κ1) is 11.7. The van der Waals surface area contributed by atoms with Crippen LogP contribution in [0.3, 0.4) is 0 Å². The van der Waals surface area contributed by atoms with Gasteiger partial charge in [0.15, 0.2) is 0 Å². The van der Waals surface area contributed by atoms with Crippen LogP contribution in [0.15, 0.2) is 12.2 Å². The highest BCUT2D eigenvalue weighted by atomic mass is 16.5. The summed E-state index contributed by atoms with van der Waals surface area (Å²) >= 11 is 0. The number of ether oxygens (including phenoxy) is 1. The van der Waals surface area contributed by atoms with Crippen LogP contribution in [0.5, 0.6) is 0 Å². The van der Waals surface area contributed by atoms with Crippen molar-refractivity contribution in [3.63, 3.8) is 0 Å². The molecule has 1 aliphatic rings. The molecular formula is C10H16N2O3. The second-order valence-corrected chi connectivity index (χ2v) is 3.50. The van der Waals surface area contributed by atoms with Gasteiger partial charge in [0.25, 0.3) is 0 Å². The molecular weight excluding hydrogens is 196 g/mol. The number of carbonyl (C=O) groups excluding carboxylic acids is 2. The Balaban J connectivity index is 2.36. The van der Waals surface area contributed by atoms with Crippen LogP contribution in [0.25, 0.3) is 0 Å². The van der Waals surface area contributed by atoms with Gasteiger partial charge in [-0.15, -0.1) is 0 Å². The summed E-state index contributed by atoms with van der Waals surface area (Å²) < 4.78 is 4.45. The van der Waals surface area contributed by atoms with Gasteiger partial charge in [-0.05, 0) is 7.05 Å². The normalized spacial score (nSPS) is 18.5. The zero-order valence-corrected chi connectivity index (χ0v) is 9.10. The van der Waals surface area contributed by atoms with Crippen molar-refractivity contribution in [1.82, 2.24) is 9.80 Å². The third-order valence-electron chi connectivity index (χ3n) is 2.29. The van der Waals surface area contributed by atoms with E-state index in [9.17, 15) is 9.59 Å². The number of carbonyl (C=O) groups is 2. The lowest BCUT2D eigenvalue weighted by Gasteiger charge is -2.31. The molecule has 1 amide bonds. The van der Waals surface area contributed by atoms with Gasteiger partial charge in [-0.2, -0.15) is 0 Å². The molecule has 0 spiro atoms. The lowest BCUT2D eigenvalue weighted by atomic mass is 10.3. The average Bonchev–Trinajstić information content (AvgIpc) is 2.21. The largest absolute Gasteiger partial charge is 0.466 e. The maximum absolute atomic E-state index is 11.5. The van der Waals surface area contributed by atoms with Gasteiger partial charge >= 0.3 is 5.97 Å². The molecule has 1 saturated heterocycles. The zero-order chi connectivity index (χ0) is 11.3. The fraction of sp³-hybridized carbons (Fsp3) is 0.600. The van der Waals surface area contributed by atoms with Gasteiger partial charge in [0, 0.05) is 25.7 Å². The van der Waals surface area contributed by atoms with Crippen LogP contribution in [0.4, 0.5) is 0 Å². The molecule has 0 saturated carbocycles. The van der Waals surface area contributed by atoms with Crippen molar-refractivity contribution in [3.8, 4) is 0 Å². The Bertz CT molecular complexity index is 276. The number of hydrogen-bond acceptors (Lipinski definition) is 4. The lowest BCUT2D eigenvalue weighted by Crippen LogP contribution is -2.48. The maximum atomic E-state index is 11.5. The second kappa shape index (κ2) is 5.50. The van der Waals surface area contributed by atoms with Crippen LogP contribution in [-0.2, 0) is 14.3 Å². The third kappa shape index (κ3) is 3.71. The monoisotopic (exact) mass is 212 g/mol. The number of piperazine rings is 1. The van der Waals surface area contributed by atoms with E-state index in [1.807, 2.05) is 11.9 Å². The van der Waals surface area contributed by atoms with E-state index >= 15 is 0 Å². The summed E-state index contributed by atoms with van der Waals surface area (Å²) in [6, 6.07) is 0. The first-order chi connectivity index (χ1) is 7.13. The van der Waals surface area contributed by atoms with Crippen molar-refractivity contribution < 1.29 is 14.3 Å². The Morgan fingerprint density at radius 2 is 2.27 bits per heavy atom. The molecule has 15 heavy (non-hydrogen) atoms. The van der Waals surface area contributed by atoms with E-state index in [0.717, 1.165) is 6.54 Å². The molecule has 0 bridgehead atoms. The highest BCUT2D eigenvalue weighted by molar-refractivity contribution is 5.82. The first-order valence-corrected chi connectivity index (χ1v) is 4.84. The van der Waals surface area contributed by atoms with Crippen LogP contribution in [0, 0.1) is 0 Å². The van der Waals surface area contributed by atoms with Crippen molar-refractivity contribution in [2.45, 2.75) is 0 Å². The fourth-order valence-electron chi connectivity index (χ4n) is 1.36.